The van der Waals surface area contributed by atoms with Crippen LogP contribution in [0, 0.1) is 0 Å². The van der Waals surface area contributed by atoms with Crippen LogP contribution in [0.3, 0.4) is 0 Å². The first-order valence-corrected chi connectivity index (χ1v) is 7.17. The van der Waals surface area contributed by atoms with Crippen molar-refractivity contribution in [3.05, 3.63) is 17.2 Å². The summed E-state index contributed by atoms with van der Waals surface area (Å²) in [5.74, 6) is -0.307. The third-order valence-corrected chi connectivity index (χ3v) is 4.01. The van der Waals surface area contributed by atoms with E-state index in [0.717, 1.165) is 0 Å². The van der Waals surface area contributed by atoms with Gasteiger partial charge in [-0.3, -0.25) is 4.79 Å². The van der Waals surface area contributed by atoms with Gasteiger partial charge in [0.25, 0.3) is 15.0 Å². The second-order valence-electron chi connectivity index (χ2n) is 3.40. The largest absolute Gasteiger partial charge is 0.480 e. The first-order chi connectivity index (χ1) is 7.82. The number of amides is 1. The summed E-state index contributed by atoms with van der Waals surface area (Å²) in [5, 5.41) is 0.222. The normalized spacial score (nSPS) is 15.5. The number of anilines is 1. The summed E-state index contributed by atoms with van der Waals surface area (Å²) >= 11 is 5.91. The van der Waals surface area contributed by atoms with Crippen LogP contribution in [0.25, 0.3) is 0 Å². The summed E-state index contributed by atoms with van der Waals surface area (Å²) in [5.41, 5.74) is 0.213. The number of nitrogens with zero attached hydrogens (tertiary/aromatic N) is 1. The lowest BCUT2D eigenvalue weighted by molar-refractivity contribution is -0.121. The van der Waals surface area contributed by atoms with Crippen molar-refractivity contribution >= 4 is 42.9 Å². The Morgan fingerprint density at radius 3 is 2.65 bits per heavy atom. The van der Waals surface area contributed by atoms with E-state index in [9.17, 15) is 13.2 Å². The van der Waals surface area contributed by atoms with E-state index in [1.165, 1.54) is 24.1 Å². The number of rotatable bonds is 1. The summed E-state index contributed by atoms with van der Waals surface area (Å²) < 4.78 is 27.8. The molecule has 0 atom stereocenters. The van der Waals surface area contributed by atoms with Crippen molar-refractivity contribution in [2.75, 3.05) is 18.6 Å². The zero-order valence-corrected chi connectivity index (χ0v) is 10.9. The highest BCUT2D eigenvalue weighted by atomic mass is 35.7. The number of likely N-dealkylation sites (N-methyl/N-ethyl adjacent to an activating group) is 1. The minimum atomic E-state index is -3.95. The van der Waals surface area contributed by atoms with Crippen molar-refractivity contribution in [1.82, 2.24) is 0 Å². The van der Waals surface area contributed by atoms with Gasteiger partial charge >= 0.3 is 0 Å². The van der Waals surface area contributed by atoms with Gasteiger partial charge in [0.05, 0.1) is 5.02 Å². The van der Waals surface area contributed by atoms with E-state index in [0.29, 0.717) is 0 Å². The molecule has 0 aromatic heterocycles. The second-order valence-corrected chi connectivity index (χ2v) is 6.34. The van der Waals surface area contributed by atoms with E-state index in [1.54, 1.807) is 0 Å². The van der Waals surface area contributed by atoms with Gasteiger partial charge in [0.2, 0.25) is 0 Å². The molecule has 0 spiro atoms. The Bertz CT molecular complexity index is 599. The summed E-state index contributed by atoms with van der Waals surface area (Å²) in [4.78, 5) is 12.5. The standard InChI is InChI=1S/C9H7Cl2NO4S/c1-12-7(13)4-16-9-6(17(11,14)15)3-2-5(10)8(9)12/h2-3H,4H2,1H3. The van der Waals surface area contributed by atoms with Crippen LogP contribution in [-0.4, -0.2) is 28.0 Å². The van der Waals surface area contributed by atoms with Gasteiger partial charge in [0.1, 0.15) is 10.6 Å². The molecule has 0 bridgehead atoms. The quantitative estimate of drug-likeness (QED) is 0.739. The van der Waals surface area contributed by atoms with Crippen molar-refractivity contribution in [2.24, 2.45) is 0 Å². The van der Waals surface area contributed by atoms with Crippen LogP contribution in [0.1, 0.15) is 0 Å². The summed E-state index contributed by atoms with van der Waals surface area (Å²) in [6, 6.07) is 2.60. The zero-order chi connectivity index (χ0) is 12.8. The Kier molecular flexibility index (Phi) is 2.97. The number of benzene rings is 1. The maximum absolute atomic E-state index is 11.4. The number of carbonyl (C=O) groups excluding carboxylic acids is 1. The maximum atomic E-state index is 11.4. The van der Waals surface area contributed by atoms with Gasteiger partial charge in [0.15, 0.2) is 12.4 Å². The molecule has 2 rings (SSSR count). The Morgan fingerprint density at radius 1 is 1.41 bits per heavy atom. The summed E-state index contributed by atoms with van der Waals surface area (Å²) in [7, 11) is 2.81. The van der Waals surface area contributed by atoms with Crippen LogP contribution in [0.5, 0.6) is 5.75 Å². The molecule has 0 saturated carbocycles. The van der Waals surface area contributed by atoms with Gasteiger partial charge in [-0.05, 0) is 12.1 Å². The lowest BCUT2D eigenvalue weighted by Gasteiger charge is -2.27. The van der Waals surface area contributed by atoms with Crippen LogP contribution in [-0.2, 0) is 13.8 Å². The summed E-state index contributed by atoms with van der Waals surface area (Å²) in [6.45, 7) is -0.247. The monoisotopic (exact) mass is 295 g/mol. The fourth-order valence-corrected chi connectivity index (χ4v) is 2.78. The Labute approximate surface area is 107 Å². The van der Waals surface area contributed by atoms with E-state index in [4.69, 9.17) is 27.0 Å². The van der Waals surface area contributed by atoms with Gasteiger partial charge in [-0.2, -0.15) is 0 Å². The van der Waals surface area contributed by atoms with Gasteiger partial charge in [-0.25, -0.2) is 8.42 Å². The second kappa shape index (κ2) is 4.04. The molecule has 0 fully saturated rings. The molecule has 1 heterocycles. The van der Waals surface area contributed by atoms with Gasteiger partial charge in [-0.1, -0.05) is 11.6 Å². The molecule has 0 radical (unpaired) electrons. The van der Waals surface area contributed by atoms with Crippen molar-refractivity contribution in [3.8, 4) is 5.75 Å². The number of hydrogen-bond acceptors (Lipinski definition) is 4. The van der Waals surface area contributed by atoms with Gasteiger partial charge in [-0.15, -0.1) is 0 Å². The predicted molar refractivity (Wildman–Crippen MR) is 63.4 cm³/mol. The van der Waals surface area contributed by atoms with Crippen molar-refractivity contribution in [1.29, 1.82) is 0 Å². The third-order valence-electron chi connectivity index (χ3n) is 2.36. The highest BCUT2D eigenvalue weighted by Gasteiger charge is 2.30. The minimum absolute atomic E-state index is 0.00889. The fraction of sp³-hybridized carbons (Fsp3) is 0.222. The number of ether oxygens (including phenoxy) is 1. The van der Waals surface area contributed by atoms with E-state index < -0.39 is 9.05 Å². The average molecular weight is 296 g/mol. The predicted octanol–water partition coefficient (Wildman–Crippen LogP) is 1.62. The highest BCUT2D eigenvalue weighted by molar-refractivity contribution is 8.13. The van der Waals surface area contributed by atoms with Crippen LogP contribution >= 0.6 is 22.3 Å². The van der Waals surface area contributed by atoms with E-state index in [-0.39, 0.29) is 33.9 Å². The zero-order valence-electron chi connectivity index (χ0n) is 8.61. The minimum Gasteiger partial charge on any atom is -0.480 e. The first-order valence-electron chi connectivity index (χ1n) is 4.49. The van der Waals surface area contributed by atoms with Crippen LogP contribution < -0.4 is 9.64 Å². The first kappa shape index (κ1) is 12.5. The number of fused-ring (bicyclic) bond motifs is 1. The highest BCUT2D eigenvalue weighted by Crippen LogP contribution is 2.43. The van der Waals surface area contributed by atoms with Crippen molar-refractivity contribution in [2.45, 2.75) is 4.90 Å². The van der Waals surface area contributed by atoms with Gasteiger partial charge < -0.3 is 9.64 Å². The number of hydrogen-bond donors (Lipinski definition) is 0. The molecule has 0 unspecified atom stereocenters. The Hall–Kier alpha value is -0.980. The number of halogens is 2. The molecule has 17 heavy (non-hydrogen) atoms. The summed E-state index contributed by atoms with van der Waals surface area (Å²) in [6.07, 6.45) is 0. The molecule has 92 valence electrons. The Balaban J connectivity index is 2.75. The smallest absolute Gasteiger partial charge is 0.265 e. The fourth-order valence-electron chi connectivity index (χ4n) is 1.53. The molecule has 1 aliphatic heterocycles. The van der Waals surface area contributed by atoms with Gasteiger partial charge in [0, 0.05) is 17.7 Å². The van der Waals surface area contributed by atoms with E-state index in [2.05, 4.69) is 0 Å². The third kappa shape index (κ3) is 2.08. The molecule has 0 aliphatic carbocycles. The SMILES string of the molecule is CN1C(=O)COc2c(S(=O)(=O)Cl)ccc(Cl)c21. The van der Waals surface area contributed by atoms with Crippen LogP contribution in [0.2, 0.25) is 5.02 Å². The molecule has 0 saturated heterocycles. The molecule has 0 N–H and O–H groups in total. The maximum Gasteiger partial charge on any atom is 0.265 e. The lowest BCUT2D eigenvalue weighted by atomic mass is 10.2. The van der Waals surface area contributed by atoms with E-state index in [1.807, 2.05) is 0 Å². The lowest BCUT2D eigenvalue weighted by Crippen LogP contribution is -2.36. The molecule has 1 aromatic rings. The number of carbonyl (C=O) groups is 1. The van der Waals surface area contributed by atoms with Crippen LogP contribution in [0.15, 0.2) is 17.0 Å². The molecule has 1 amide bonds. The molecular formula is C9H7Cl2NO4S. The molecule has 1 aromatic carbocycles. The molecule has 5 nitrogen and oxygen atoms in total. The molecular weight excluding hydrogens is 289 g/mol. The molecule has 8 heteroatoms. The average Bonchev–Trinajstić information content (AvgIpc) is 2.21. The Morgan fingerprint density at radius 2 is 2.06 bits per heavy atom. The van der Waals surface area contributed by atoms with Crippen molar-refractivity contribution in [3.63, 3.8) is 0 Å². The van der Waals surface area contributed by atoms with E-state index >= 15 is 0 Å². The molecule has 1 aliphatic rings. The topological polar surface area (TPSA) is 63.7 Å². The van der Waals surface area contributed by atoms with Crippen LogP contribution in [0.4, 0.5) is 5.69 Å². The van der Waals surface area contributed by atoms with Crippen molar-refractivity contribution < 1.29 is 17.9 Å².